The Labute approximate surface area is 107 Å². The van der Waals surface area contributed by atoms with Gasteiger partial charge in [-0.3, -0.25) is 10.1 Å². The van der Waals surface area contributed by atoms with Gasteiger partial charge in [0.1, 0.15) is 5.76 Å². The second-order valence-corrected chi connectivity index (χ2v) is 5.17. The third-order valence-corrected chi connectivity index (χ3v) is 3.46. The molecule has 0 aromatic carbocycles. The van der Waals surface area contributed by atoms with Gasteiger partial charge in [-0.05, 0) is 25.3 Å². The topological polar surface area (TPSA) is 55.1 Å². The van der Waals surface area contributed by atoms with Crippen molar-refractivity contribution in [2.45, 2.75) is 12.7 Å². The molecule has 0 saturated carbocycles. The lowest BCUT2D eigenvalue weighted by Gasteiger charge is -1.97. The molecular weight excluding hydrogens is 256 g/mol. The molecule has 0 aliphatic carbocycles. The zero-order valence-corrected chi connectivity index (χ0v) is 11.2. The number of aromatic nitrogens is 1. The van der Waals surface area contributed by atoms with Gasteiger partial charge in [-0.1, -0.05) is 0 Å². The quantitative estimate of drug-likeness (QED) is 0.925. The highest BCUT2D eigenvalue weighted by atomic mass is 32.2. The number of rotatable bonds is 4. The molecule has 6 heteroatoms. The number of hydrogen-bond donors (Lipinski definition) is 1. The van der Waals surface area contributed by atoms with Crippen LogP contribution in [0.15, 0.2) is 21.9 Å². The van der Waals surface area contributed by atoms with Gasteiger partial charge in [0.05, 0.1) is 11.4 Å². The van der Waals surface area contributed by atoms with Crippen LogP contribution in [0.3, 0.4) is 0 Å². The number of thiazole rings is 1. The van der Waals surface area contributed by atoms with Crippen LogP contribution in [0, 0.1) is 6.92 Å². The Morgan fingerprint density at radius 2 is 2.41 bits per heavy atom. The standard InChI is InChI=1S/C11H12N2O2S2/c1-7-5-17-11(12-7)13-10(14)9-4-3-8(15-9)6-16-2/h3-5H,6H2,1-2H3,(H,12,13,14). The Balaban J connectivity index is 2.03. The number of anilines is 1. The van der Waals surface area contributed by atoms with E-state index in [0.717, 1.165) is 17.2 Å². The van der Waals surface area contributed by atoms with Crippen molar-refractivity contribution in [3.05, 3.63) is 34.7 Å². The molecular formula is C11H12N2O2S2. The molecule has 1 amide bonds. The maximum atomic E-state index is 11.8. The van der Waals surface area contributed by atoms with E-state index < -0.39 is 0 Å². The molecule has 17 heavy (non-hydrogen) atoms. The maximum Gasteiger partial charge on any atom is 0.293 e. The molecule has 4 nitrogen and oxygen atoms in total. The van der Waals surface area contributed by atoms with Crippen LogP contribution in [0.5, 0.6) is 0 Å². The average Bonchev–Trinajstić information content (AvgIpc) is 2.88. The van der Waals surface area contributed by atoms with Crippen molar-refractivity contribution in [1.82, 2.24) is 4.98 Å². The molecule has 0 saturated heterocycles. The van der Waals surface area contributed by atoms with Crippen LogP contribution < -0.4 is 5.32 Å². The summed E-state index contributed by atoms with van der Waals surface area (Å²) in [6.07, 6.45) is 1.99. The predicted octanol–water partition coefficient (Wildman–Crippen LogP) is 3.16. The summed E-state index contributed by atoms with van der Waals surface area (Å²) in [6, 6.07) is 3.50. The van der Waals surface area contributed by atoms with E-state index in [1.54, 1.807) is 17.8 Å². The number of amides is 1. The van der Waals surface area contributed by atoms with Crippen LogP contribution in [0.1, 0.15) is 22.0 Å². The highest BCUT2D eigenvalue weighted by molar-refractivity contribution is 7.97. The molecule has 0 atom stereocenters. The van der Waals surface area contributed by atoms with E-state index in [-0.39, 0.29) is 5.91 Å². The van der Waals surface area contributed by atoms with Crippen molar-refractivity contribution < 1.29 is 9.21 Å². The first-order valence-corrected chi connectivity index (χ1v) is 7.27. The van der Waals surface area contributed by atoms with Crippen LogP contribution in [0.25, 0.3) is 0 Å². The van der Waals surface area contributed by atoms with Crippen LogP contribution in [-0.2, 0) is 5.75 Å². The monoisotopic (exact) mass is 268 g/mol. The predicted molar refractivity (Wildman–Crippen MR) is 70.7 cm³/mol. The van der Waals surface area contributed by atoms with Crippen LogP contribution >= 0.6 is 23.1 Å². The van der Waals surface area contributed by atoms with Gasteiger partial charge in [-0.25, -0.2) is 4.98 Å². The number of carbonyl (C=O) groups excluding carboxylic acids is 1. The minimum absolute atomic E-state index is 0.258. The van der Waals surface area contributed by atoms with E-state index in [2.05, 4.69) is 10.3 Å². The van der Waals surface area contributed by atoms with E-state index in [9.17, 15) is 4.79 Å². The molecule has 0 spiro atoms. The number of nitrogens with one attached hydrogen (secondary N) is 1. The summed E-state index contributed by atoms with van der Waals surface area (Å²) in [5.74, 6) is 1.63. The van der Waals surface area contributed by atoms with E-state index in [1.807, 2.05) is 24.6 Å². The van der Waals surface area contributed by atoms with Gasteiger partial charge in [0.2, 0.25) is 0 Å². The summed E-state index contributed by atoms with van der Waals surface area (Å²) in [7, 11) is 0. The Kier molecular flexibility index (Phi) is 3.86. The Morgan fingerprint density at radius 3 is 3.06 bits per heavy atom. The third-order valence-electron chi connectivity index (χ3n) is 2.01. The SMILES string of the molecule is CSCc1ccc(C(=O)Nc2nc(C)cs2)o1. The summed E-state index contributed by atoms with van der Waals surface area (Å²) in [5, 5.41) is 5.18. The van der Waals surface area contributed by atoms with Crippen LogP contribution in [0.2, 0.25) is 0 Å². The molecule has 2 rings (SSSR count). The highest BCUT2D eigenvalue weighted by Crippen LogP contribution is 2.17. The second kappa shape index (κ2) is 5.37. The lowest BCUT2D eigenvalue weighted by Crippen LogP contribution is -2.10. The Morgan fingerprint density at radius 1 is 1.59 bits per heavy atom. The Bertz CT molecular complexity index is 519. The molecule has 0 bridgehead atoms. The minimum atomic E-state index is -0.258. The van der Waals surface area contributed by atoms with Gasteiger partial charge in [0, 0.05) is 5.38 Å². The minimum Gasteiger partial charge on any atom is -0.455 e. The van der Waals surface area contributed by atoms with E-state index >= 15 is 0 Å². The van der Waals surface area contributed by atoms with Gasteiger partial charge < -0.3 is 4.42 Å². The number of furan rings is 1. The molecule has 2 aromatic heterocycles. The van der Waals surface area contributed by atoms with E-state index in [0.29, 0.717) is 10.9 Å². The van der Waals surface area contributed by atoms with Gasteiger partial charge in [0.25, 0.3) is 5.91 Å². The molecule has 1 N–H and O–H groups in total. The first-order chi connectivity index (χ1) is 8.19. The number of thioether (sulfide) groups is 1. The fourth-order valence-corrected chi connectivity index (χ4v) is 2.41. The molecule has 0 aliphatic heterocycles. The van der Waals surface area contributed by atoms with Crippen molar-refractivity contribution >= 4 is 34.1 Å². The summed E-state index contributed by atoms with van der Waals surface area (Å²) in [4.78, 5) is 16.0. The smallest absolute Gasteiger partial charge is 0.293 e. The van der Waals surface area contributed by atoms with E-state index in [4.69, 9.17) is 4.42 Å². The molecule has 2 aromatic rings. The summed E-state index contributed by atoms with van der Waals surface area (Å²) >= 11 is 3.05. The fourth-order valence-electron chi connectivity index (χ4n) is 1.29. The van der Waals surface area contributed by atoms with Crippen LogP contribution in [-0.4, -0.2) is 17.1 Å². The molecule has 0 unspecified atom stereocenters. The number of carbonyl (C=O) groups is 1. The van der Waals surface area contributed by atoms with Gasteiger partial charge in [0.15, 0.2) is 10.9 Å². The van der Waals surface area contributed by atoms with Gasteiger partial charge >= 0.3 is 0 Å². The lowest BCUT2D eigenvalue weighted by atomic mass is 10.4. The first kappa shape index (κ1) is 12.2. The lowest BCUT2D eigenvalue weighted by molar-refractivity contribution is 0.0995. The number of aryl methyl sites for hydroxylation is 1. The van der Waals surface area contributed by atoms with Gasteiger partial charge in [-0.2, -0.15) is 11.8 Å². The van der Waals surface area contributed by atoms with Crippen molar-refractivity contribution in [2.75, 3.05) is 11.6 Å². The molecule has 90 valence electrons. The van der Waals surface area contributed by atoms with Crippen molar-refractivity contribution in [2.24, 2.45) is 0 Å². The number of nitrogens with zero attached hydrogens (tertiary/aromatic N) is 1. The van der Waals surface area contributed by atoms with Gasteiger partial charge in [-0.15, -0.1) is 11.3 Å². The largest absolute Gasteiger partial charge is 0.455 e. The second-order valence-electron chi connectivity index (χ2n) is 3.45. The number of hydrogen-bond acceptors (Lipinski definition) is 5. The molecule has 0 radical (unpaired) electrons. The van der Waals surface area contributed by atoms with Crippen molar-refractivity contribution in [1.29, 1.82) is 0 Å². The first-order valence-electron chi connectivity index (χ1n) is 5.00. The zero-order chi connectivity index (χ0) is 12.3. The molecule has 0 aliphatic rings. The third kappa shape index (κ3) is 3.10. The normalized spacial score (nSPS) is 10.5. The summed E-state index contributed by atoms with van der Waals surface area (Å²) < 4.78 is 5.41. The maximum absolute atomic E-state index is 11.8. The molecule has 2 heterocycles. The highest BCUT2D eigenvalue weighted by Gasteiger charge is 2.12. The van der Waals surface area contributed by atoms with Crippen LogP contribution in [0.4, 0.5) is 5.13 Å². The van der Waals surface area contributed by atoms with E-state index in [1.165, 1.54) is 11.3 Å². The zero-order valence-electron chi connectivity index (χ0n) is 9.52. The summed E-state index contributed by atoms with van der Waals surface area (Å²) in [5.41, 5.74) is 0.896. The van der Waals surface area contributed by atoms with Crippen molar-refractivity contribution in [3.8, 4) is 0 Å². The molecule has 0 fully saturated rings. The summed E-state index contributed by atoms with van der Waals surface area (Å²) in [6.45, 7) is 1.88. The average molecular weight is 268 g/mol. The Hall–Kier alpha value is -1.27. The fraction of sp³-hybridized carbons (Fsp3) is 0.273. The van der Waals surface area contributed by atoms with Crippen molar-refractivity contribution in [3.63, 3.8) is 0 Å².